The number of benzene rings is 1. The van der Waals surface area contributed by atoms with Gasteiger partial charge in [0.05, 0.1) is 0 Å². The van der Waals surface area contributed by atoms with Crippen LogP contribution in [0.15, 0.2) is 16.7 Å². The third kappa shape index (κ3) is 1.91. The van der Waals surface area contributed by atoms with Crippen molar-refractivity contribution in [3.05, 3.63) is 35.4 Å². The molecule has 1 fully saturated rings. The summed E-state index contributed by atoms with van der Waals surface area (Å²) in [5, 5.41) is 3.72. The zero-order chi connectivity index (χ0) is 13.8. The van der Waals surface area contributed by atoms with Crippen molar-refractivity contribution in [2.45, 2.75) is 26.2 Å². The molecule has 0 spiro atoms. The summed E-state index contributed by atoms with van der Waals surface area (Å²) in [6.45, 7) is 4.08. The third-order valence-corrected chi connectivity index (χ3v) is 3.52. The van der Waals surface area contributed by atoms with Crippen molar-refractivity contribution < 1.29 is 17.7 Å². The van der Waals surface area contributed by atoms with Gasteiger partial charge < -0.3 is 4.52 Å². The Labute approximate surface area is 107 Å². The molecule has 0 radical (unpaired) electrons. The summed E-state index contributed by atoms with van der Waals surface area (Å²) >= 11 is 0. The minimum absolute atomic E-state index is 0.0696. The van der Waals surface area contributed by atoms with E-state index in [1.54, 1.807) is 0 Å². The molecule has 3 rings (SSSR count). The predicted molar refractivity (Wildman–Crippen MR) is 60.7 cm³/mol. The maximum atomic E-state index is 13.6. The highest BCUT2D eigenvalue weighted by Gasteiger charge is 2.49. The fourth-order valence-corrected chi connectivity index (χ4v) is 2.11. The Bertz CT molecular complexity index is 651. The first kappa shape index (κ1) is 12.2. The van der Waals surface area contributed by atoms with Crippen LogP contribution in [0.5, 0.6) is 0 Å². The van der Waals surface area contributed by atoms with Gasteiger partial charge in [0.1, 0.15) is 11.4 Å². The van der Waals surface area contributed by atoms with Crippen molar-refractivity contribution in [3.8, 4) is 11.5 Å². The summed E-state index contributed by atoms with van der Waals surface area (Å²) in [4.78, 5) is 3.98. The van der Waals surface area contributed by atoms with Gasteiger partial charge in [-0.3, -0.25) is 0 Å². The van der Waals surface area contributed by atoms with Crippen LogP contribution in [0, 0.1) is 22.9 Å². The Balaban J connectivity index is 2.02. The monoisotopic (exact) mass is 268 g/mol. The van der Waals surface area contributed by atoms with E-state index in [4.69, 9.17) is 4.52 Å². The fourth-order valence-electron chi connectivity index (χ4n) is 2.11. The molecule has 6 heteroatoms. The molecular formula is C13H11F3N2O. The summed E-state index contributed by atoms with van der Waals surface area (Å²) in [7, 11) is 0. The van der Waals surface area contributed by atoms with E-state index < -0.39 is 23.0 Å². The number of halogens is 3. The average Bonchev–Trinajstić information content (AvgIpc) is 2.76. The number of rotatable bonds is 2. The van der Waals surface area contributed by atoms with E-state index in [0.717, 1.165) is 18.6 Å². The lowest BCUT2D eigenvalue weighted by Gasteiger charge is -2.00. The average molecular weight is 268 g/mol. The quantitative estimate of drug-likeness (QED) is 0.780. The van der Waals surface area contributed by atoms with Crippen molar-refractivity contribution in [2.75, 3.05) is 0 Å². The summed E-state index contributed by atoms with van der Waals surface area (Å²) in [5.41, 5.74) is -0.544. The van der Waals surface area contributed by atoms with Crippen molar-refractivity contribution in [3.63, 3.8) is 0 Å². The van der Waals surface area contributed by atoms with Crippen molar-refractivity contribution in [1.29, 1.82) is 0 Å². The molecule has 1 aliphatic rings. The van der Waals surface area contributed by atoms with Gasteiger partial charge in [-0.1, -0.05) is 19.0 Å². The Kier molecular flexibility index (Phi) is 2.45. The van der Waals surface area contributed by atoms with Gasteiger partial charge in [-0.05, 0) is 24.0 Å². The molecule has 1 heterocycles. The lowest BCUT2D eigenvalue weighted by atomic mass is 10.1. The minimum atomic E-state index is -1.31. The predicted octanol–water partition coefficient (Wildman–Crippen LogP) is 3.67. The summed E-state index contributed by atoms with van der Waals surface area (Å²) < 4.78 is 45.1. The van der Waals surface area contributed by atoms with E-state index >= 15 is 0 Å². The van der Waals surface area contributed by atoms with Crippen LogP contribution in [0.4, 0.5) is 13.2 Å². The van der Waals surface area contributed by atoms with Crippen LogP contribution < -0.4 is 0 Å². The molecular weight excluding hydrogens is 257 g/mol. The third-order valence-electron chi connectivity index (χ3n) is 3.52. The normalized spacial score (nSPS) is 20.6. The molecule has 19 heavy (non-hydrogen) atoms. The molecule has 2 aromatic rings. The molecule has 1 aromatic heterocycles. The van der Waals surface area contributed by atoms with E-state index in [1.807, 2.05) is 13.8 Å². The van der Waals surface area contributed by atoms with Crippen molar-refractivity contribution in [2.24, 2.45) is 5.41 Å². The van der Waals surface area contributed by atoms with E-state index in [-0.39, 0.29) is 17.2 Å². The molecule has 1 unspecified atom stereocenters. The van der Waals surface area contributed by atoms with E-state index in [2.05, 4.69) is 10.1 Å². The summed E-state index contributed by atoms with van der Waals surface area (Å²) in [6, 6.07) is 1.55. The highest BCUT2D eigenvalue weighted by atomic mass is 19.2. The van der Waals surface area contributed by atoms with Crippen LogP contribution in [0.25, 0.3) is 11.5 Å². The molecule has 1 aromatic carbocycles. The second-order valence-electron chi connectivity index (χ2n) is 5.42. The van der Waals surface area contributed by atoms with Crippen LogP contribution in [-0.4, -0.2) is 10.1 Å². The second kappa shape index (κ2) is 3.82. The van der Waals surface area contributed by atoms with Crippen LogP contribution >= 0.6 is 0 Å². The first-order valence-electron chi connectivity index (χ1n) is 5.87. The van der Waals surface area contributed by atoms with Gasteiger partial charge in [0.25, 0.3) is 5.89 Å². The van der Waals surface area contributed by atoms with Gasteiger partial charge in [-0.15, -0.1) is 0 Å². The SMILES string of the molecule is CC1(C)CC1c1noc(-c2c(F)ccc(F)c2F)n1. The van der Waals surface area contributed by atoms with Crippen LogP contribution in [0.2, 0.25) is 0 Å². The van der Waals surface area contributed by atoms with E-state index in [0.29, 0.717) is 5.82 Å². The lowest BCUT2D eigenvalue weighted by Crippen LogP contribution is -1.95. The molecule has 1 atom stereocenters. The highest BCUT2D eigenvalue weighted by molar-refractivity contribution is 5.55. The first-order valence-corrected chi connectivity index (χ1v) is 5.87. The van der Waals surface area contributed by atoms with E-state index in [1.165, 1.54) is 0 Å². The molecule has 0 amide bonds. The van der Waals surface area contributed by atoms with Gasteiger partial charge in [0.15, 0.2) is 17.5 Å². The van der Waals surface area contributed by atoms with Crippen LogP contribution in [0.1, 0.15) is 32.0 Å². The zero-order valence-corrected chi connectivity index (χ0v) is 10.4. The second-order valence-corrected chi connectivity index (χ2v) is 5.42. The molecule has 0 saturated heterocycles. The number of nitrogens with zero attached hydrogens (tertiary/aromatic N) is 2. The topological polar surface area (TPSA) is 38.9 Å². The number of hydrogen-bond donors (Lipinski definition) is 0. The molecule has 0 bridgehead atoms. The Hall–Kier alpha value is -1.85. The molecule has 100 valence electrons. The minimum Gasteiger partial charge on any atom is -0.334 e. The van der Waals surface area contributed by atoms with Gasteiger partial charge in [-0.2, -0.15) is 4.98 Å². The standard InChI is InChI=1S/C13H11F3N2O/c1-13(2)5-6(13)11-17-12(19-18-11)9-7(14)3-4-8(15)10(9)16/h3-4,6H,5H2,1-2H3. The van der Waals surface area contributed by atoms with Crippen LogP contribution in [0.3, 0.4) is 0 Å². The molecule has 0 aliphatic heterocycles. The smallest absolute Gasteiger partial charge is 0.264 e. The Morgan fingerprint density at radius 2 is 1.84 bits per heavy atom. The molecule has 1 saturated carbocycles. The van der Waals surface area contributed by atoms with Gasteiger partial charge in [-0.25, -0.2) is 13.2 Å². The summed E-state index contributed by atoms with van der Waals surface area (Å²) in [5.74, 6) is -3.20. The maximum Gasteiger partial charge on any atom is 0.264 e. The van der Waals surface area contributed by atoms with Crippen molar-refractivity contribution in [1.82, 2.24) is 10.1 Å². The number of aromatic nitrogens is 2. The largest absolute Gasteiger partial charge is 0.334 e. The number of hydrogen-bond acceptors (Lipinski definition) is 3. The van der Waals surface area contributed by atoms with Crippen LogP contribution in [-0.2, 0) is 0 Å². The van der Waals surface area contributed by atoms with Gasteiger partial charge in [0, 0.05) is 5.92 Å². The van der Waals surface area contributed by atoms with Gasteiger partial charge in [0.2, 0.25) is 0 Å². The molecule has 3 nitrogen and oxygen atoms in total. The maximum absolute atomic E-state index is 13.6. The first-order chi connectivity index (χ1) is 8.90. The van der Waals surface area contributed by atoms with Crippen molar-refractivity contribution >= 4 is 0 Å². The van der Waals surface area contributed by atoms with Gasteiger partial charge >= 0.3 is 0 Å². The lowest BCUT2D eigenvalue weighted by molar-refractivity contribution is 0.411. The summed E-state index contributed by atoms with van der Waals surface area (Å²) in [6.07, 6.45) is 0.889. The zero-order valence-electron chi connectivity index (χ0n) is 10.4. The fraction of sp³-hybridized carbons (Fsp3) is 0.385. The Morgan fingerprint density at radius 1 is 1.21 bits per heavy atom. The highest BCUT2D eigenvalue weighted by Crippen LogP contribution is 2.57. The molecule has 1 aliphatic carbocycles. The Morgan fingerprint density at radius 3 is 2.47 bits per heavy atom. The molecule has 0 N–H and O–H groups in total. The van der Waals surface area contributed by atoms with E-state index in [9.17, 15) is 13.2 Å².